The Hall–Kier alpha value is -1.64. The fourth-order valence-corrected chi connectivity index (χ4v) is 0.713. The second kappa shape index (κ2) is 2.96. The minimum absolute atomic E-state index is 0.208. The third kappa shape index (κ3) is 1.64. The quantitative estimate of drug-likeness (QED) is 0.390. The summed E-state index contributed by atoms with van der Waals surface area (Å²) in [6, 6.07) is 7.90. The number of Topliss-reactive ketones (excluding diaryl/α,β-unsaturated/α-hetero) is 1. The van der Waals surface area contributed by atoms with Crippen LogP contribution >= 0.6 is 0 Å². The zero-order valence-corrected chi connectivity index (χ0v) is 5.65. The van der Waals surface area contributed by atoms with Crippen LogP contribution in [-0.4, -0.2) is 16.9 Å². The van der Waals surface area contributed by atoms with Gasteiger partial charge in [0.2, 0.25) is 0 Å². The normalized spacial score (nSPS) is 9.09. The molecular weight excluding hydrogens is 146 g/mol. The molecule has 0 spiro atoms. The van der Waals surface area contributed by atoms with Crippen molar-refractivity contribution < 1.29 is 14.7 Å². The van der Waals surface area contributed by atoms with Gasteiger partial charge >= 0.3 is 5.97 Å². The van der Waals surface area contributed by atoms with Crippen LogP contribution in [0, 0.1) is 0 Å². The highest BCUT2D eigenvalue weighted by molar-refractivity contribution is 6.39. The first-order chi connectivity index (χ1) is 5.22. The molecule has 0 aliphatic carbocycles. The summed E-state index contributed by atoms with van der Waals surface area (Å²) in [6.45, 7) is 0. The van der Waals surface area contributed by atoms with E-state index in [9.17, 15) is 9.59 Å². The van der Waals surface area contributed by atoms with Crippen LogP contribution in [0.1, 0.15) is 10.4 Å². The van der Waals surface area contributed by atoms with Gasteiger partial charge in [0.15, 0.2) is 0 Å². The van der Waals surface area contributed by atoms with E-state index in [1.54, 1.807) is 18.2 Å². The molecule has 1 aromatic rings. The molecule has 0 unspecified atom stereocenters. The number of aliphatic carboxylic acids is 1. The lowest BCUT2D eigenvalue weighted by Crippen LogP contribution is -2.12. The highest BCUT2D eigenvalue weighted by atomic mass is 16.5. The fraction of sp³-hybridized carbons (Fsp3) is 0. The average Bonchev–Trinajstić information content (AvgIpc) is 2.05. The van der Waals surface area contributed by atoms with Crippen molar-refractivity contribution in [2.24, 2.45) is 0 Å². The molecule has 56 valence electrons. The summed E-state index contributed by atoms with van der Waals surface area (Å²) in [5.74, 6) is -2.29. The molecule has 1 N–H and O–H groups in total. The Morgan fingerprint density at radius 3 is 2.09 bits per heavy atom. The summed E-state index contributed by atoms with van der Waals surface area (Å²) in [6.07, 6.45) is 0. The van der Waals surface area contributed by atoms with Crippen molar-refractivity contribution in [2.45, 2.75) is 0 Å². The van der Waals surface area contributed by atoms with Crippen LogP contribution < -0.4 is 0 Å². The van der Waals surface area contributed by atoms with Gasteiger partial charge in [-0.05, 0) is 0 Å². The van der Waals surface area contributed by atoms with Gasteiger partial charge in [0.05, 0.1) is 0 Å². The Morgan fingerprint density at radius 2 is 1.64 bits per heavy atom. The first-order valence-electron chi connectivity index (χ1n) is 3.04. The van der Waals surface area contributed by atoms with Gasteiger partial charge in [0, 0.05) is 5.56 Å². The van der Waals surface area contributed by atoms with E-state index in [2.05, 4.69) is 0 Å². The number of hydrogen-bond donors (Lipinski definition) is 1. The number of benzene rings is 1. The molecule has 3 nitrogen and oxygen atoms in total. The SMILES string of the molecule is O=C(c1cccc[13cH]1)[13C](=O)O. The molecule has 1 aromatic carbocycles. The second-order valence-electron chi connectivity index (χ2n) is 2.00. The Balaban J connectivity index is 2.95. The Kier molecular flexibility index (Phi) is 2.01. The van der Waals surface area contributed by atoms with Gasteiger partial charge in [-0.2, -0.15) is 0 Å². The van der Waals surface area contributed by atoms with Crippen molar-refractivity contribution in [1.82, 2.24) is 0 Å². The van der Waals surface area contributed by atoms with E-state index < -0.39 is 11.8 Å². The lowest BCUT2D eigenvalue weighted by Gasteiger charge is -1.91. The molecule has 0 amide bonds. The molecule has 0 fully saturated rings. The van der Waals surface area contributed by atoms with Crippen LogP contribution in [0.25, 0.3) is 0 Å². The van der Waals surface area contributed by atoms with Crippen molar-refractivity contribution in [3.05, 3.63) is 35.9 Å². The summed E-state index contributed by atoms with van der Waals surface area (Å²) < 4.78 is 0. The Morgan fingerprint density at radius 1 is 1.09 bits per heavy atom. The topological polar surface area (TPSA) is 54.4 Å². The van der Waals surface area contributed by atoms with Crippen molar-refractivity contribution in [3.8, 4) is 0 Å². The second-order valence-corrected chi connectivity index (χ2v) is 2.00. The molecule has 0 saturated carbocycles. The fourth-order valence-electron chi connectivity index (χ4n) is 0.713. The maximum Gasteiger partial charge on any atom is 0.377 e. The smallest absolute Gasteiger partial charge is 0.377 e. The van der Waals surface area contributed by atoms with Gasteiger partial charge < -0.3 is 5.11 Å². The van der Waals surface area contributed by atoms with Crippen LogP contribution in [0.3, 0.4) is 0 Å². The van der Waals surface area contributed by atoms with Crippen LogP contribution in [0.4, 0.5) is 0 Å². The van der Waals surface area contributed by atoms with E-state index in [0.29, 0.717) is 0 Å². The molecule has 0 aromatic heterocycles. The van der Waals surface area contributed by atoms with E-state index >= 15 is 0 Å². The largest absolute Gasteiger partial charge is 0.475 e. The number of hydrogen-bond acceptors (Lipinski definition) is 2. The van der Waals surface area contributed by atoms with Crippen LogP contribution in [0.5, 0.6) is 0 Å². The predicted molar refractivity (Wildman–Crippen MR) is 38.4 cm³/mol. The number of carboxylic acid groups (broad SMARTS) is 1. The van der Waals surface area contributed by atoms with Gasteiger partial charge in [-0.3, -0.25) is 4.79 Å². The number of rotatable bonds is 2. The van der Waals surface area contributed by atoms with Crippen molar-refractivity contribution in [1.29, 1.82) is 0 Å². The maximum absolute atomic E-state index is 10.7. The number of carboxylic acids is 1. The Labute approximate surface area is 63.3 Å². The van der Waals surface area contributed by atoms with Gasteiger partial charge in [0.25, 0.3) is 5.78 Å². The molecule has 0 heterocycles. The summed E-state index contributed by atoms with van der Waals surface area (Å²) in [5, 5.41) is 8.29. The van der Waals surface area contributed by atoms with Crippen LogP contribution in [-0.2, 0) is 4.79 Å². The summed E-state index contributed by atoms with van der Waals surface area (Å²) in [5.41, 5.74) is 0.208. The van der Waals surface area contributed by atoms with Gasteiger partial charge in [-0.15, -0.1) is 0 Å². The predicted octanol–water partition coefficient (Wildman–Crippen LogP) is 0.954. The zero-order chi connectivity index (χ0) is 8.27. The molecule has 0 atom stereocenters. The average molecular weight is 152 g/mol. The number of ketones is 1. The molecule has 3 heteroatoms. The first kappa shape index (κ1) is 7.47. The monoisotopic (exact) mass is 152 g/mol. The highest BCUT2D eigenvalue weighted by Gasteiger charge is 2.12. The van der Waals surface area contributed by atoms with Crippen LogP contribution in [0.2, 0.25) is 0 Å². The first-order valence-corrected chi connectivity index (χ1v) is 3.04. The van der Waals surface area contributed by atoms with E-state index in [1.165, 1.54) is 12.1 Å². The number of carbonyl (C=O) groups is 2. The lowest BCUT2D eigenvalue weighted by atomic mass is 10.3. The molecule has 0 saturated heterocycles. The summed E-state index contributed by atoms with van der Waals surface area (Å²) >= 11 is 0. The van der Waals surface area contributed by atoms with Gasteiger partial charge in [-0.25, -0.2) is 4.79 Å². The third-order valence-electron chi connectivity index (χ3n) is 1.23. The van der Waals surface area contributed by atoms with Gasteiger partial charge in [0.1, 0.15) is 0 Å². The van der Waals surface area contributed by atoms with E-state index in [4.69, 9.17) is 5.11 Å². The maximum atomic E-state index is 10.7. The molecule has 0 aliphatic heterocycles. The molecule has 0 aliphatic rings. The molecule has 1 rings (SSSR count). The summed E-state index contributed by atoms with van der Waals surface area (Å²) in [7, 11) is 0. The minimum atomic E-state index is -1.42. The summed E-state index contributed by atoms with van der Waals surface area (Å²) in [4.78, 5) is 20.9. The third-order valence-corrected chi connectivity index (χ3v) is 1.23. The molecular formula is C8H6O3. The molecule has 0 radical (unpaired) electrons. The molecule has 0 bridgehead atoms. The standard InChI is InChI=1S/C8H6O3/c9-7(8(10)11)6-4-2-1-3-5-6/h1-5H,(H,10,11)/i4+1,8+1. The van der Waals surface area contributed by atoms with Crippen molar-refractivity contribution >= 4 is 11.8 Å². The molecule has 11 heavy (non-hydrogen) atoms. The van der Waals surface area contributed by atoms with Crippen molar-refractivity contribution in [2.75, 3.05) is 0 Å². The number of carbonyl (C=O) groups excluding carboxylic acids is 1. The van der Waals surface area contributed by atoms with Crippen molar-refractivity contribution in [3.63, 3.8) is 0 Å². The van der Waals surface area contributed by atoms with E-state index in [1.807, 2.05) is 0 Å². The van der Waals surface area contributed by atoms with Crippen LogP contribution in [0.15, 0.2) is 30.3 Å². The van der Waals surface area contributed by atoms with Gasteiger partial charge in [-0.1, -0.05) is 30.3 Å². The zero-order valence-electron chi connectivity index (χ0n) is 5.65. The van der Waals surface area contributed by atoms with E-state index in [-0.39, 0.29) is 5.56 Å². The van der Waals surface area contributed by atoms with E-state index in [0.717, 1.165) is 0 Å². The Bertz CT molecular complexity index is 277. The lowest BCUT2D eigenvalue weighted by molar-refractivity contribution is -0.131. The highest BCUT2D eigenvalue weighted by Crippen LogP contribution is 1.98. The minimum Gasteiger partial charge on any atom is -0.475 e.